The van der Waals surface area contributed by atoms with Gasteiger partial charge in [-0.2, -0.15) is 0 Å². The zero-order valence-electron chi connectivity index (χ0n) is 5.91. The number of aromatic amines is 1. The number of hydrogen-bond donors (Lipinski definition) is 1. The second-order valence-corrected chi connectivity index (χ2v) is 4.74. The molecule has 2 heterocycles. The fourth-order valence-corrected chi connectivity index (χ4v) is 2.02. The average molecular weight is 184 g/mol. The van der Waals surface area contributed by atoms with Gasteiger partial charge in [0.25, 0.3) is 0 Å². The highest BCUT2D eigenvalue weighted by Crippen LogP contribution is 2.32. The number of hydrogen-bond acceptors (Lipinski definition) is 3. The van der Waals surface area contributed by atoms with Crippen LogP contribution >= 0.6 is 23.5 Å². The summed E-state index contributed by atoms with van der Waals surface area (Å²) in [6.45, 7) is 0.794. The molecule has 1 aromatic heterocycles. The van der Waals surface area contributed by atoms with Gasteiger partial charge in [0.15, 0.2) is 0 Å². The van der Waals surface area contributed by atoms with Crippen LogP contribution in [0.25, 0.3) is 0 Å². The van der Waals surface area contributed by atoms with Crippen molar-refractivity contribution in [2.75, 3.05) is 5.08 Å². The van der Waals surface area contributed by atoms with E-state index in [1.165, 1.54) is 15.2 Å². The van der Waals surface area contributed by atoms with E-state index in [-0.39, 0.29) is 0 Å². The lowest BCUT2D eigenvalue weighted by atomic mass is 10.4. The van der Waals surface area contributed by atoms with Crippen molar-refractivity contribution in [2.45, 2.75) is 6.54 Å². The van der Waals surface area contributed by atoms with Crippen molar-refractivity contribution in [3.8, 4) is 0 Å². The topological polar surface area (TPSA) is 28.1 Å². The van der Waals surface area contributed by atoms with Gasteiger partial charge in [-0.15, -0.1) is 0 Å². The first-order valence-electron chi connectivity index (χ1n) is 3.37. The van der Waals surface area contributed by atoms with E-state index in [1.807, 2.05) is 35.8 Å². The quantitative estimate of drug-likeness (QED) is 0.764. The summed E-state index contributed by atoms with van der Waals surface area (Å²) in [5.41, 5.74) is 1.19. The van der Waals surface area contributed by atoms with Gasteiger partial charge in [0.1, 0.15) is 4.38 Å². The number of nitrogens with one attached hydrogen (secondary N) is 1. The van der Waals surface area contributed by atoms with Crippen LogP contribution in [0.1, 0.15) is 5.69 Å². The molecule has 0 aromatic carbocycles. The highest BCUT2D eigenvalue weighted by Gasteiger charge is 2.10. The Morgan fingerprint density at radius 3 is 3.00 bits per heavy atom. The van der Waals surface area contributed by atoms with Crippen LogP contribution in [-0.2, 0) is 6.54 Å². The zero-order valence-corrected chi connectivity index (χ0v) is 7.54. The Bertz CT molecular complexity index is 247. The summed E-state index contributed by atoms with van der Waals surface area (Å²) in [7, 11) is 0. The Labute approximate surface area is 73.9 Å². The fraction of sp³-hybridized carbons (Fsp3) is 0.286. The molecule has 2 nitrogen and oxygen atoms in total. The van der Waals surface area contributed by atoms with Crippen LogP contribution in [-0.4, -0.2) is 14.4 Å². The molecule has 1 N–H and O–H groups in total. The molecule has 0 spiro atoms. The molecule has 0 radical (unpaired) electrons. The normalized spacial score (nSPS) is 16.2. The highest BCUT2D eigenvalue weighted by atomic mass is 32.3. The number of aliphatic imine (C=N–C) groups is 1. The molecule has 0 bridgehead atoms. The van der Waals surface area contributed by atoms with Gasteiger partial charge >= 0.3 is 0 Å². The van der Waals surface area contributed by atoms with Gasteiger partial charge in [0, 0.05) is 11.9 Å². The van der Waals surface area contributed by atoms with Crippen LogP contribution in [0.2, 0.25) is 0 Å². The Morgan fingerprint density at radius 2 is 2.45 bits per heavy atom. The Kier molecular flexibility index (Phi) is 2.23. The Morgan fingerprint density at radius 1 is 1.55 bits per heavy atom. The first-order valence-corrected chi connectivity index (χ1v) is 5.34. The maximum atomic E-state index is 4.38. The van der Waals surface area contributed by atoms with Crippen molar-refractivity contribution in [3.63, 3.8) is 0 Å². The second-order valence-electron chi connectivity index (χ2n) is 2.18. The van der Waals surface area contributed by atoms with Crippen LogP contribution < -0.4 is 0 Å². The van der Waals surface area contributed by atoms with Crippen molar-refractivity contribution in [3.05, 3.63) is 24.0 Å². The molecule has 1 aliphatic rings. The summed E-state index contributed by atoms with van der Waals surface area (Å²) in [6, 6.07) is 4.05. The van der Waals surface area contributed by atoms with Gasteiger partial charge in [-0.25, -0.2) is 0 Å². The molecule has 0 saturated carbocycles. The largest absolute Gasteiger partial charge is 0.363 e. The molecule has 11 heavy (non-hydrogen) atoms. The summed E-state index contributed by atoms with van der Waals surface area (Å²) >= 11 is 3.65. The van der Waals surface area contributed by atoms with Gasteiger partial charge < -0.3 is 4.98 Å². The zero-order chi connectivity index (χ0) is 7.52. The van der Waals surface area contributed by atoms with Gasteiger partial charge in [-0.05, 0) is 12.1 Å². The summed E-state index contributed by atoms with van der Waals surface area (Å²) in [6.07, 6.45) is 1.93. The molecular formula is C7H8N2S2. The van der Waals surface area contributed by atoms with Gasteiger partial charge in [-0.1, -0.05) is 23.5 Å². The van der Waals surface area contributed by atoms with E-state index in [1.54, 1.807) is 0 Å². The lowest BCUT2D eigenvalue weighted by molar-refractivity contribution is 1.02. The molecule has 1 aromatic rings. The smallest absolute Gasteiger partial charge is 0.126 e. The molecule has 1 fully saturated rings. The van der Waals surface area contributed by atoms with Crippen molar-refractivity contribution in [1.82, 2.24) is 4.98 Å². The van der Waals surface area contributed by atoms with E-state index in [0.29, 0.717) is 0 Å². The van der Waals surface area contributed by atoms with Gasteiger partial charge in [-0.3, -0.25) is 4.99 Å². The van der Waals surface area contributed by atoms with Crippen molar-refractivity contribution in [2.24, 2.45) is 4.99 Å². The van der Waals surface area contributed by atoms with Gasteiger partial charge in [0.2, 0.25) is 0 Å². The molecule has 0 unspecified atom stereocenters. The fourth-order valence-electron chi connectivity index (χ4n) is 0.819. The minimum Gasteiger partial charge on any atom is -0.363 e. The van der Waals surface area contributed by atoms with Crippen LogP contribution in [0.5, 0.6) is 0 Å². The third kappa shape index (κ3) is 1.81. The van der Waals surface area contributed by atoms with Crippen LogP contribution in [0, 0.1) is 0 Å². The van der Waals surface area contributed by atoms with Crippen LogP contribution in [0.4, 0.5) is 0 Å². The first kappa shape index (κ1) is 7.31. The Balaban J connectivity index is 1.91. The van der Waals surface area contributed by atoms with Crippen molar-refractivity contribution < 1.29 is 0 Å². The average Bonchev–Trinajstić information content (AvgIpc) is 2.36. The molecule has 0 amide bonds. The lowest BCUT2D eigenvalue weighted by Gasteiger charge is -2.11. The summed E-state index contributed by atoms with van der Waals surface area (Å²) in [4.78, 5) is 7.50. The summed E-state index contributed by atoms with van der Waals surface area (Å²) in [5, 5.41) is 1.17. The van der Waals surface area contributed by atoms with Crippen molar-refractivity contribution in [1.29, 1.82) is 0 Å². The maximum absolute atomic E-state index is 4.38. The minimum atomic E-state index is 0.794. The predicted octanol–water partition coefficient (Wildman–Crippen LogP) is 2.31. The molecule has 58 valence electrons. The van der Waals surface area contributed by atoms with E-state index in [9.17, 15) is 0 Å². The number of rotatable bonds is 2. The van der Waals surface area contributed by atoms with Crippen LogP contribution in [0.3, 0.4) is 0 Å². The highest BCUT2D eigenvalue weighted by molar-refractivity contribution is 8.52. The minimum absolute atomic E-state index is 0.794. The maximum Gasteiger partial charge on any atom is 0.126 e. The molecular weight excluding hydrogens is 176 g/mol. The number of H-pyrrole nitrogens is 1. The third-order valence-corrected chi connectivity index (χ3v) is 3.81. The summed E-state index contributed by atoms with van der Waals surface area (Å²) < 4.78 is 1.22. The molecule has 2 rings (SSSR count). The van der Waals surface area contributed by atoms with Crippen LogP contribution in [0.15, 0.2) is 23.3 Å². The van der Waals surface area contributed by atoms with E-state index in [4.69, 9.17) is 0 Å². The monoisotopic (exact) mass is 184 g/mol. The predicted molar refractivity (Wildman–Crippen MR) is 52.0 cm³/mol. The number of aromatic nitrogens is 1. The van der Waals surface area contributed by atoms with E-state index in [0.717, 1.165) is 6.54 Å². The molecule has 1 aliphatic heterocycles. The third-order valence-electron chi connectivity index (χ3n) is 1.41. The van der Waals surface area contributed by atoms with E-state index in [2.05, 4.69) is 16.0 Å². The van der Waals surface area contributed by atoms with E-state index >= 15 is 0 Å². The van der Waals surface area contributed by atoms with Gasteiger partial charge in [0.05, 0.1) is 11.6 Å². The number of thioether (sulfide) groups is 2. The lowest BCUT2D eigenvalue weighted by Crippen LogP contribution is -1.98. The summed E-state index contributed by atoms with van der Waals surface area (Å²) in [5.74, 6) is 0. The first-order chi connectivity index (χ1) is 5.45. The molecule has 1 saturated heterocycles. The molecule has 0 atom stereocenters. The molecule has 4 heteroatoms. The van der Waals surface area contributed by atoms with Crippen molar-refractivity contribution >= 4 is 27.9 Å². The Hall–Kier alpha value is -0.350. The van der Waals surface area contributed by atoms with E-state index < -0.39 is 0 Å². The molecule has 0 aliphatic carbocycles. The second kappa shape index (κ2) is 3.36. The standard InChI is InChI=1S/C7H8N2S2/c1-2-6(8-3-1)4-9-7-10-5-11-7/h1-3,8H,4-5H2. The number of nitrogens with zero attached hydrogens (tertiary/aromatic N) is 1. The SMILES string of the molecule is c1c[nH]c(CN=C2SCS2)c1.